The lowest BCUT2D eigenvalue weighted by atomic mass is 9.88. The van der Waals surface area contributed by atoms with E-state index in [0.717, 1.165) is 35.7 Å². The normalized spacial score (nSPS) is 23.8. The predicted octanol–water partition coefficient (Wildman–Crippen LogP) is 2.69. The molecule has 0 saturated carbocycles. The minimum absolute atomic E-state index is 0.361. The van der Waals surface area contributed by atoms with Gasteiger partial charge in [-0.3, -0.25) is 0 Å². The van der Waals surface area contributed by atoms with E-state index in [0.29, 0.717) is 11.9 Å². The van der Waals surface area contributed by atoms with E-state index in [4.69, 9.17) is 5.73 Å². The Bertz CT molecular complexity index is 596. The molecule has 0 spiro atoms. The number of benzene rings is 1. The van der Waals surface area contributed by atoms with Gasteiger partial charge in [0.15, 0.2) is 0 Å². The van der Waals surface area contributed by atoms with Crippen molar-refractivity contribution in [2.24, 2.45) is 11.8 Å². The molecule has 2 N–H and O–H groups in total. The highest BCUT2D eigenvalue weighted by atomic mass is 15.2. The molecule has 4 heteroatoms. The van der Waals surface area contributed by atoms with Gasteiger partial charge >= 0.3 is 0 Å². The van der Waals surface area contributed by atoms with Crippen molar-refractivity contribution in [2.45, 2.75) is 20.3 Å². The van der Waals surface area contributed by atoms with Crippen molar-refractivity contribution < 1.29 is 0 Å². The molecule has 1 aromatic heterocycles. The van der Waals surface area contributed by atoms with Crippen LogP contribution in [0, 0.1) is 11.8 Å². The number of nitrogen functional groups attached to an aromatic ring is 1. The Balaban J connectivity index is 2.05. The van der Waals surface area contributed by atoms with Gasteiger partial charge in [-0.15, -0.1) is 0 Å². The fourth-order valence-electron chi connectivity index (χ4n) is 2.77. The van der Waals surface area contributed by atoms with E-state index >= 15 is 0 Å². The second-order valence-electron chi connectivity index (χ2n) is 5.61. The van der Waals surface area contributed by atoms with E-state index in [-0.39, 0.29) is 0 Å². The maximum Gasteiger partial charge on any atom is 0.222 e. The molecule has 1 aliphatic heterocycles. The highest BCUT2D eigenvalue weighted by Crippen LogP contribution is 2.30. The van der Waals surface area contributed by atoms with Crippen LogP contribution in [0.25, 0.3) is 10.9 Å². The summed E-state index contributed by atoms with van der Waals surface area (Å²) >= 11 is 0. The molecule has 1 aliphatic rings. The molecule has 100 valence electrons. The van der Waals surface area contributed by atoms with Crippen molar-refractivity contribution >= 4 is 22.7 Å². The molecule has 1 aromatic carbocycles. The molecule has 4 nitrogen and oxygen atoms in total. The molecule has 3 rings (SSSR count). The van der Waals surface area contributed by atoms with Gasteiger partial charge in [-0.2, -0.15) is 4.98 Å². The largest absolute Gasteiger partial charge is 0.368 e. The van der Waals surface area contributed by atoms with Gasteiger partial charge in [0.1, 0.15) is 5.82 Å². The average molecular weight is 256 g/mol. The Labute approximate surface area is 113 Å². The van der Waals surface area contributed by atoms with Crippen LogP contribution in [0.15, 0.2) is 24.3 Å². The van der Waals surface area contributed by atoms with E-state index < -0.39 is 0 Å². The van der Waals surface area contributed by atoms with Crippen molar-refractivity contribution in [2.75, 3.05) is 23.7 Å². The van der Waals surface area contributed by atoms with Crippen molar-refractivity contribution in [3.05, 3.63) is 24.3 Å². The van der Waals surface area contributed by atoms with Crippen molar-refractivity contribution in [1.29, 1.82) is 0 Å². The fourth-order valence-corrected chi connectivity index (χ4v) is 2.77. The molecule has 2 heterocycles. The third kappa shape index (κ3) is 2.23. The standard InChI is InChI=1S/C15H20N4/c1-10-7-8-19(9-11(10)2)14-12-5-3-4-6-13(12)17-15(16)18-14/h3-6,10-11H,7-9H2,1-2H3,(H2,16,17,18). The Hall–Kier alpha value is -1.84. The van der Waals surface area contributed by atoms with Gasteiger partial charge in [0, 0.05) is 18.5 Å². The third-order valence-electron chi connectivity index (χ3n) is 4.23. The SMILES string of the molecule is CC1CCN(c2nc(N)nc3ccccc23)CC1C. The zero-order valence-corrected chi connectivity index (χ0v) is 11.5. The minimum Gasteiger partial charge on any atom is -0.368 e. The first kappa shape index (κ1) is 12.2. The van der Waals surface area contributed by atoms with Crippen molar-refractivity contribution in [3.63, 3.8) is 0 Å². The number of anilines is 2. The molecule has 0 aliphatic carbocycles. The molecular formula is C15H20N4. The fraction of sp³-hybridized carbons (Fsp3) is 0.467. The molecule has 2 aromatic rings. The molecule has 0 amide bonds. The number of nitrogens with two attached hydrogens (primary N) is 1. The first-order valence-corrected chi connectivity index (χ1v) is 6.92. The Morgan fingerprint density at radius 2 is 1.95 bits per heavy atom. The summed E-state index contributed by atoms with van der Waals surface area (Å²) < 4.78 is 0. The monoisotopic (exact) mass is 256 g/mol. The van der Waals surface area contributed by atoms with Crippen molar-refractivity contribution in [3.8, 4) is 0 Å². The predicted molar refractivity (Wildman–Crippen MR) is 79.1 cm³/mol. The van der Waals surface area contributed by atoms with E-state index in [1.54, 1.807) is 0 Å². The molecule has 19 heavy (non-hydrogen) atoms. The van der Waals surface area contributed by atoms with Crippen molar-refractivity contribution in [1.82, 2.24) is 9.97 Å². The summed E-state index contributed by atoms with van der Waals surface area (Å²) in [5, 5.41) is 1.10. The van der Waals surface area contributed by atoms with Crippen LogP contribution in [-0.4, -0.2) is 23.1 Å². The van der Waals surface area contributed by atoms with Crippen LogP contribution < -0.4 is 10.6 Å². The zero-order chi connectivity index (χ0) is 13.4. The third-order valence-corrected chi connectivity index (χ3v) is 4.23. The van der Waals surface area contributed by atoms with Crippen LogP contribution in [0.3, 0.4) is 0 Å². The number of para-hydroxylation sites is 1. The zero-order valence-electron chi connectivity index (χ0n) is 11.5. The van der Waals surface area contributed by atoms with Crippen LogP contribution in [0.4, 0.5) is 11.8 Å². The minimum atomic E-state index is 0.361. The summed E-state index contributed by atoms with van der Waals surface area (Å²) in [7, 11) is 0. The Morgan fingerprint density at radius 3 is 2.74 bits per heavy atom. The van der Waals surface area contributed by atoms with Crippen LogP contribution in [-0.2, 0) is 0 Å². The van der Waals surface area contributed by atoms with Gasteiger partial charge in [0.05, 0.1) is 5.52 Å². The first-order chi connectivity index (χ1) is 9.15. The lowest BCUT2D eigenvalue weighted by Crippen LogP contribution is -2.39. The second-order valence-corrected chi connectivity index (χ2v) is 5.61. The summed E-state index contributed by atoms with van der Waals surface area (Å²) in [4.78, 5) is 11.1. The average Bonchev–Trinajstić information content (AvgIpc) is 2.41. The van der Waals surface area contributed by atoms with Crippen LogP contribution in [0.1, 0.15) is 20.3 Å². The summed E-state index contributed by atoms with van der Waals surface area (Å²) in [5.74, 6) is 2.81. The Morgan fingerprint density at radius 1 is 1.16 bits per heavy atom. The summed E-state index contributed by atoms with van der Waals surface area (Å²) in [6, 6.07) is 8.08. The molecule has 0 radical (unpaired) electrons. The quantitative estimate of drug-likeness (QED) is 0.852. The lowest BCUT2D eigenvalue weighted by Gasteiger charge is -2.36. The highest BCUT2D eigenvalue weighted by molar-refractivity contribution is 5.90. The van der Waals surface area contributed by atoms with Crippen LogP contribution >= 0.6 is 0 Å². The number of fused-ring (bicyclic) bond motifs is 1. The molecule has 2 unspecified atom stereocenters. The van der Waals surface area contributed by atoms with E-state index in [9.17, 15) is 0 Å². The Kier molecular flexibility index (Phi) is 3.01. The number of rotatable bonds is 1. The number of nitrogens with zero attached hydrogens (tertiary/aromatic N) is 3. The van der Waals surface area contributed by atoms with Crippen LogP contribution in [0.2, 0.25) is 0 Å². The summed E-state index contributed by atoms with van der Waals surface area (Å²) in [6.07, 6.45) is 1.21. The van der Waals surface area contributed by atoms with Gasteiger partial charge in [-0.05, 0) is 30.4 Å². The topological polar surface area (TPSA) is 55.0 Å². The highest BCUT2D eigenvalue weighted by Gasteiger charge is 2.24. The number of hydrogen-bond acceptors (Lipinski definition) is 4. The summed E-state index contributed by atoms with van der Waals surface area (Å²) in [6.45, 7) is 6.73. The van der Waals surface area contributed by atoms with E-state index in [1.807, 2.05) is 18.2 Å². The molecule has 2 atom stereocenters. The molecular weight excluding hydrogens is 236 g/mol. The summed E-state index contributed by atoms with van der Waals surface area (Å²) in [5.41, 5.74) is 6.77. The number of hydrogen-bond donors (Lipinski definition) is 1. The van der Waals surface area contributed by atoms with Gasteiger partial charge in [0.2, 0.25) is 5.95 Å². The maximum atomic E-state index is 5.84. The van der Waals surface area contributed by atoms with Gasteiger partial charge in [0.25, 0.3) is 0 Å². The first-order valence-electron chi connectivity index (χ1n) is 6.92. The van der Waals surface area contributed by atoms with Gasteiger partial charge in [-0.25, -0.2) is 4.98 Å². The van der Waals surface area contributed by atoms with Crippen LogP contribution in [0.5, 0.6) is 0 Å². The smallest absolute Gasteiger partial charge is 0.222 e. The molecule has 1 saturated heterocycles. The lowest BCUT2D eigenvalue weighted by molar-refractivity contribution is 0.323. The van der Waals surface area contributed by atoms with Gasteiger partial charge in [-0.1, -0.05) is 26.0 Å². The van der Waals surface area contributed by atoms with Gasteiger partial charge < -0.3 is 10.6 Å². The van der Waals surface area contributed by atoms with E-state index in [2.05, 4.69) is 34.8 Å². The van der Waals surface area contributed by atoms with E-state index in [1.165, 1.54) is 6.42 Å². The number of piperidine rings is 1. The second kappa shape index (κ2) is 4.68. The molecule has 1 fully saturated rings. The maximum absolute atomic E-state index is 5.84. The molecule has 0 bridgehead atoms. The number of aromatic nitrogens is 2.